The Morgan fingerprint density at radius 3 is 2.04 bits per heavy atom. The van der Waals surface area contributed by atoms with Gasteiger partial charge >= 0.3 is 0 Å². The van der Waals surface area contributed by atoms with E-state index in [-0.39, 0.29) is 7.26 Å². The number of hydrazone groups is 1. The highest BCUT2D eigenvalue weighted by Gasteiger charge is 2.04. The minimum atomic E-state index is 0. The fourth-order valence-corrected chi connectivity index (χ4v) is 2.59. The molecule has 0 aliphatic carbocycles. The van der Waals surface area contributed by atoms with Gasteiger partial charge in [-0.3, -0.25) is 16.7 Å². The second-order valence-electron chi connectivity index (χ2n) is 5.39. The smallest absolute Gasteiger partial charge is 0.169 e. The van der Waals surface area contributed by atoms with Gasteiger partial charge in [-0.2, -0.15) is 10.4 Å². The van der Waals surface area contributed by atoms with Crippen LogP contribution in [0.5, 0.6) is 0 Å². The molecule has 0 saturated heterocycles. The number of nitrogens with two attached hydrogens (primary N) is 4. The van der Waals surface area contributed by atoms with E-state index in [1.807, 2.05) is 60.7 Å². The minimum Gasteiger partial charge on any atom is -0.380 e. The Hall–Kier alpha value is -4.06. The molecule has 2 aromatic heterocycles. The number of hydrogen-bond donors (Lipinski definition) is 4. The third-order valence-electron chi connectivity index (χ3n) is 3.83. The van der Waals surface area contributed by atoms with Crippen LogP contribution in [0, 0.1) is 11.3 Å². The van der Waals surface area contributed by atoms with E-state index in [1.54, 1.807) is 12.4 Å². The predicted octanol–water partition coefficient (Wildman–Crippen LogP) is 2.72. The summed E-state index contributed by atoms with van der Waals surface area (Å²) in [6, 6.07) is 21.4. The number of hydrazine groups is 1. The zero-order valence-electron chi connectivity index (χ0n) is 21.0. The van der Waals surface area contributed by atoms with Gasteiger partial charge in [-0.15, -0.1) is 0 Å². The molecule has 0 atom stereocenters. The van der Waals surface area contributed by atoms with Crippen LogP contribution < -0.4 is 23.3 Å². The number of benzene rings is 2. The summed E-state index contributed by atoms with van der Waals surface area (Å²) >= 11 is 0. The summed E-state index contributed by atoms with van der Waals surface area (Å²) in [6.07, 6.45) is 3.34. The molecule has 8 N–H and O–H groups in total. The first-order valence-corrected chi connectivity index (χ1v) is 8.19. The molecule has 8 nitrogen and oxygen atoms in total. The first kappa shape index (κ1) is 16.1. The Morgan fingerprint density at radius 2 is 1.43 bits per heavy atom. The van der Waals surface area contributed by atoms with Crippen LogP contribution in [0.2, 0.25) is 0 Å². The molecule has 4 rings (SSSR count). The van der Waals surface area contributed by atoms with Crippen LogP contribution >= 0.6 is 0 Å². The zero-order valence-corrected chi connectivity index (χ0v) is 15.0. The predicted molar refractivity (Wildman–Crippen MR) is 120 cm³/mol. The van der Waals surface area contributed by atoms with Gasteiger partial charge in [-0.25, -0.2) is 4.98 Å². The van der Waals surface area contributed by atoms with E-state index < -0.39 is 0 Å². The Bertz CT molecular complexity index is 1150. The molecular weight excluding hydrogens is 352 g/mol. The molecule has 2 heterocycles. The summed E-state index contributed by atoms with van der Waals surface area (Å²) in [6.45, 7) is 0. The quantitative estimate of drug-likeness (QED) is 0.167. The van der Waals surface area contributed by atoms with Gasteiger partial charge in [0.2, 0.25) is 0 Å². The molecule has 0 unspecified atom stereocenters. The Balaban J connectivity index is -0.000000448. The largest absolute Gasteiger partial charge is 0.380 e. The van der Waals surface area contributed by atoms with Crippen molar-refractivity contribution in [3.63, 3.8) is 0 Å². The monoisotopic (exact) mass is 394 g/mol. The number of hydrogen-bond acceptors (Lipinski definition) is 7. The maximum absolute atomic E-state index is 8.72. The lowest BCUT2D eigenvalue weighted by Gasteiger charge is -2.02. The molecule has 0 aliphatic rings. The van der Waals surface area contributed by atoms with Crippen molar-refractivity contribution < 1.29 is 10.3 Å². The lowest BCUT2D eigenvalue weighted by molar-refractivity contribution is 1.20. The Kier molecular flexibility index (Phi) is 5.87. The summed E-state index contributed by atoms with van der Waals surface area (Å²) in [5.41, 5.74) is 6.75. The number of amidine groups is 1. The van der Waals surface area contributed by atoms with E-state index in [1.165, 1.54) is 0 Å². The second kappa shape index (κ2) is 10.2. The van der Waals surface area contributed by atoms with Crippen LogP contribution in [-0.2, 0) is 0 Å². The van der Waals surface area contributed by atoms with Gasteiger partial charge in [0.05, 0.1) is 0 Å². The van der Waals surface area contributed by atoms with Crippen molar-refractivity contribution in [2.75, 3.05) is 0 Å². The van der Waals surface area contributed by atoms with E-state index in [9.17, 15) is 0 Å². The van der Waals surface area contributed by atoms with Crippen LogP contribution in [0.1, 0.15) is 21.7 Å². The summed E-state index contributed by atoms with van der Waals surface area (Å²) in [5, 5.41) is 16.2. The highest BCUT2D eigenvalue weighted by Crippen LogP contribution is 2.16. The van der Waals surface area contributed by atoms with E-state index in [4.69, 9.17) is 25.7 Å². The lowest BCUT2D eigenvalue weighted by Crippen LogP contribution is -2.17. The zero-order chi connectivity index (χ0) is 26.4. The molecule has 0 spiro atoms. The van der Waals surface area contributed by atoms with Crippen LogP contribution in [-0.4, -0.2) is 15.8 Å². The van der Waals surface area contributed by atoms with Gasteiger partial charge in [-0.1, -0.05) is 48.5 Å². The van der Waals surface area contributed by atoms with Gasteiger partial charge in [0.25, 0.3) is 0 Å². The van der Waals surface area contributed by atoms with Crippen molar-refractivity contribution in [2.45, 2.75) is 0 Å². The average Bonchev–Trinajstić information content (AvgIpc) is 2.96. The van der Waals surface area contributed by atoms with Gasteiger partial charge in [0.1, 0.15) is 17.5 Å². The highest BCUT2D eigenvalue weighted by molar-refractivity contribution is 6.06. The van der Waals surface area contributed by atoms with E-state index >= 15 is 0 Å². The molecule has 0 fully saturated rings. The molecule has 28 heavy (non-hydrogen) atoms. The highest BCUT2D eigenvalue weighted by atomic mass is 15.2. The van der Waals surface area contributed by atoms with Crippen molar-refractivity contribution in [3.05, 3.63) is 84.4 Å². The average molecular weight is 395 g/mol. The molecule has 0 bridgehead atoms. The second-order valence-corrected chi connectivity index (χ2v) is 5.39. The number of fused-ring (bicyclic) bond motifs is 2. The lowest BCUT2D eigenvalue weighted by atomic mass is 10.1. The number of nitrogens with zero attached hydrogens (tertiary/aromatic N) is 4. The summed E-state index contributed by atoms with van der Waals surface area (Å²) in [4.78, 5) is 8.11. The molecule has 0 aliphatic heterocycles. The maximum atomic E-state index is 8.72. The van der Waals surface area contributed by atoms with E-state index in [0.717, 1.165) is 21.5 Å². The van der Waals surface area contributed by atoms with Crippen LogP contribution in [0.3, 0.4) is 0 Å². The summed E-state index contributed by atoms with van der Waals surface area (Å²) in [7, 11) is 0. The normalized spacial score (nSPS) is 11.1. The Morgan fingerprint density at radius 1 is 0.893 bits per heavy atom. The number of pyridine rings is 2. The molecule has 0 amide bonds. The first-order valence-electron chi connectivity index (χ1n) is 11.2. The van der Waals surface area contributed by atoms with Gasteiger partial charge in [-0.05, 0) is 22.9 Å². The molecule has 0 radical (unpaired) electrons. The summed E-state index contributed by atoms with van der Waals surface area (Å²) in [5.74, 6) is 13.4. The maximum Gasteiger partial charge on any atom is 0.169 e. The molecule has 0 saturated carbocycles. The standard InChI is InChI=1S/C10H10N4.C10H6N2.H4N2.4H2/c11-10(14-12)9-8-4-2-1-3-7(8)5-6-13-9;11-7-10-9-4-2-1-3-8(9)5-6-12-10;1-2;;;;/h1-6H,12H2,(H2,11,14);1-6H;1-2H2;4*1H/i;;;3*1+2T;1+2. The summed E-state index contributed by atoms with van der Waals surface area (Å²) < 4.78 is 30.0. The number of aromatic nitrogens is 2. The van der Waals surface area contributed by atoms with Crippen molar-refractivity contribution in [3.8, 4) is 6.07 Å². The van der Waals surface area contributed by atoms with E-state index in [0.29, 0.717) is 11.4 Å². The molecular formula is C20H28N8. The topological polar surface area (TPSA) is 166 Å². The number of rotatable bonds is 1. The van der Waals surface area contributed by atoms with Gasteiger partial charge < -0.3 is 11.6 Å². The van der Waals surface area contributed by atoms with Gasteiger partial charge in [0.15, 0.2) is 5.84 Å². The molecule has 2 aromatic carbocycles. The van der Waals surface area contributed by atoms with E-state index in [2.05, 4.69) is 32.8 Å². The fraction of sp³-hybridized carbons (Fsp3) is 0. The minimum absolute atomic E-state index is 0. The third kappa shape index (κ3) is 4.56. The van der Waals surface area contributed by atoms with Crippen molar-refractivity contribution in [1.29, 1.82) is 5.26 Å². The van der Waals surface area contributed by atoms with Crippen molar-refractivity contribution in [2.24, 2.45) is 28.4 Å². The van der Waals surface area contributed by atoms with Crippen molar-refractivity contribution >= 4 is 27.4 Å². The fourth-order valence-electron chi connectivity index (χ4n) is 2.59. The molecule has 148 valence electrons. The third-order valence-corrected chi connectivity index (χ3v) is 3.83. The van der Waals surface area contributed by atoms with Crippen LogP contribution in [0.25, 0.3) is 21.5 Å². The SMILES string of the molecule is N#Cc1nccc2ccccc12.N/N=C(\N)c1nccc2ccccc12.NN.[3HH].[3H][3H].[3H][3H].[3H][3H]. The van der Waals surface area contributed by atoms with Gasteiger partial charge in [0, 0.05) is 33.5 Å². The number of nitriles is 1. The molecule has 4 aromatic rings. The van der Waals surface area contributed by atoms with Crippen molar-refractivity contribution in [1.82, 2.24) is 9.97 Å². The molecule has 8 heteroatoms. The first-order chi connectivity index (χ1) is 16.7. The van der Waals surface area contributed by atoms with Crippen LogP contribution in [0.15, 0.2) is 78.2 Å². The Labute approximate surface area is 172 Å². The van der Waals surface area contributed by atoms with Crippen LogP contribution in [0.4, 0.5) is 0 Å².